The van der Waals surface area contributed by atoms with Crippen LogP contribution < -0.4 is 0 Å². The van der Waals surface area contributed by atoms with Gasteiger partial charge in [0.05, 0.1) is 0 Å². The van der Waals surface area contributed by atoms with Gasteiger partial charge in [-0.25, -0.2) is 0 Å². The van der Waals surface area contributed by atoms with E-state index in [1.165, 1.54) is 0 Å². The van der Waals surface area contributed by atoms with E-state index in [2.05, 4.69) is 0 Å². The molecule has 0 spiro atoms. The molecule has 0 aliphatic heterocycles. The molecular formula is C10H24O4Si. The van der Waals surface area contributed by atoms with E-state index in [4.69, 9.17) is 18.3 Å². The Morgan fingerprint density at radius 2 is 1.20 bits per heavy atom. The van der Waals surface area contributed by atoms with Crippen LogP contribution in [-0.4, -0.2) is 35.4 Å². The molecule has 0 aliphatic rings. The van der Waals surface area contributed by atoms with Crippen molar-refractivity contribution in [2.24, 2.45) is 0 Å². The summed E-state index contributed by atoms with van der Waals surface area (Å²) in [4.78, 5) is 0. The van der Waals surface area contributed by atoms with Crippen LogP contribution in [0.5, 0.6) is 0 Å². The molecule has 92 valence electrons. The average molecular weight is 236 g/mol. The maximum atomic E-state index is 5.78. The normalized spacial score (nSPS) is 16.4. The molecule has 15 heavy (non-hydrogen) atoms. The van der Waals surface area contributed by atoms with Gasteiger partial charge < -0.3 is 18.3 Å². The van der Waals surface area contributed by atoms with Crippen LogP contribution in [0, 0.1) is 0 Å². The lowest BCUT2D eigenvalue weighted by Crippen LogP contribution is -2.43. The molecule has 0 aromatic heterocycles. The number of rotatable bonds is 8. The molecule has 0 aliphatic carbocycles. The first-order chi connectivity index (χ1) is 6.99. The largest absolute Gasteiger partial charge is 0.368 e. The standard InChI is InChI=1S/C10H24O4Si/c1-7-9(11-3)13-15(5,6)14-10(8-2)12-4/h9-10H,7-8H2,1-6H3. The quantitative estimate of drug-likeness (QED) is 0.479. The summed E-state index contributed by atoms with van der Waals surface area (Å²) < 4.78 is 21.9. The zero-order valence-corrected chi connectivity index (χ0v) is 11.7. The maximum absolute atomic E-state index is 5.78. The lowest BCUT2D eigenvalue weighted by atomic mass is 10.5. The van der Waals surface area contributed by atoms with Crippen molar-refractivity contribution in [2.45, 2.75) is 52.4 Å². The highest BCUT2D eigenvalue weighted by molar-refractivity contribution is 6.64. The van der Waals surface area contributed by atoms with E-state index in [0.717, 1.165) is 12.8 Å². The first-order valence-electron chi connectivity index (χ1n) is 5.40. The van der Waals surface area contributed by atoms with E-state index < -0.39 is 8.56 Å². The summed E-state index contributed by atoms with van der Waals surface area (Å²) in [6.45, 7) is 8.03. The molecule has 2 unspecified atom stereocenters. The fourth-order valence-electron chi connectivity index (χ4n) is 1.26. The fourth-order valence-corrected chi connectivity index (χ4v) is 3.10. The third kappa shape index (κ3) is 6.27. The molecule has 0 bridgehead atoms. The second-order valence-corrected chi connectivity index (χ2v) is 7.05. The van der Waals surface area contributed by atoms with Gasteiger partial charge in [-0.05, 0) is 25.9 Å². The van der Waals surface area contributed by atoms with Gasteiger partial charge in [0.2, 0.25) is 0 Å². The molecule has 0 fully saturated rings. The van der Waals surface area contributed by atoms with Crippen LogP contribution in [0.25, 0.3) is 0 Å². The van der Waals surface area contributed by atoms with Gasteiger partial charge in [-0.1, -0.05) is 13.8 Å². The molecule has 0 heterocycles. The third-order valence-electron chi connectivity index (χ3n) is 2.02. The highest BCUT2D eigenvalue weighted by Gasteiger charge is 2.31. The number of hydrogen-bond donors (Lipinski definition) is 0. The molecule has 0 aromatic rings. The summed E-state index contributed by atoms with van der Waals surface area (Å²) >= 11 is 0. The molecular weight excluding hydrogens is 212 g/mol. The van der Waals surface area contributed by atoms with Crippen LogP contribution in [0.3, 0.4) is 0 Å². The van der Waals surface area contributed by atoms with Crippen molar-refractivity contribution in [1.82, 2.24) is 0 Å². The highest BCUT2D eigenvalue weighted by Crippen LogP contribution is 2.16. The Balaban J connectivity index is 4.14. The zero-order chi connectivity index (χ0) is 11.9. The second-order valence-electron chi connectivity index (χ2n) is 3.78. The Bertz CT molecular complexity index is 140. The fraction of sp³-hybridized carbons (Fsp3) is 1.00. The minimum absolute atomic E-state index is 0.180. The van der Waals surface area contributed by atoms with E-state index in [1.807, 2.05) is 26.9 Å². The van der Waals surface area contributed by atoms with Gasteiger partial charge in [-0.3, -0.25) is 0 Å². The highest BCUT2D eigenvalue weighted by atomic mass is 28.4. The number of methoxy groups -OCH3 is 2. The molecule has 0 aromatic carbocycles. The topological polar surface area (TPSA) is 36.9 Å². The molecule has 0 N–H and O–H groups in total. The van der Waals surface area contributed by atoms with Crippen molar-refractivity contribution in [3.05, 3.63) is 0 Å². The molecule has 0 saturated heterocycles. The first-order valence-corrected chi connectivity index (χ1v) is 8.21. The minimum Gasteiger partial charge on any atom is -0.368 e. The molecule has 0 radical (unpaired) electrons. The van der Waals surface area contributed by atoms with E-state index in [0.29, 0.717) is 0 Å². The van der Waals surface area contributed by atoms with Crippen LogP contribution in [0.1, 0.15) is 26.7 Å². The summed E-state index contributed by atoms with van der Waals surface area (Å²) in [6.07, 6.45) is 1.28. The Kier molecular flexibility index (Phi) is 7.38. The van der Waals surface area contributed by atoms with Crippen LogP contribution in [-0.2, 0) is 18.3 Å². The van der Waals surface area contributed by atoms with Gasteiger partial charge in [0, 0.05) is 14.2 Å². The molecule has 2 atom stereocenters. The van der Waals surface area contributed by atoms with Gasteiger partial charge >= 0.3 is 8.56 Å². The lowest BCUT2D eigenvalue weighted by Gasteiger charge is -2.30. The van der Waals surface area contributed by atoms with Gasteiger partial charge in [-0.15, -0.1) is 0 Å². The monoisotopic (exact) mass is 236 g/mol. The van der Waals surface area contributed by atoms with Crippen molar-refractivity contribution in [2.75, 3.05) is 14.2 Å². The minimum atomic E-state index is -2.16. The number of hydrogen-bond acceptors (Lipinski definition) is 4. The van der Waals surface area contributed by atoms with Gasteiger partial charge in [0.15, 0.2) is 0 Å². The zero-order valence-electron chi connectivity index (χ0n) is 10.7. The van der Waals surface area contributed by atoms with Crippen molar-refractivity contribution >= 4 is 8.56 Å². The third-order valence-corrected chi connectivity index (χ3v) is 3.68. The first kappa shape index (κ1) is 15.1. The van der Waals surface area contributed by atoms with E-state index >= 15 is 0 Å². The van der Waals surface area contributed by atoms with Crippen molar-refractivity contribution < 1.29 is 18.3 Å². The SMILES string of the molecule is CCC(OC)O[Si](C)(C)OC(CC)OC. The maximum Gasteiger partial charge on any atom is 0.335 e. The van der Waals surface area contributed by atoms with Crippen LogP contribution in [0.15, 0.2) is 0 Å². The smallest absolute Gasteiger partial charge is 0.335 e. The van der Waals surface area contributed by atoms with E-state index in [1.54, 1.807) is 14.2 Å². The molecule has 0 rings (SSSR count). The Labute approximate surface area is 94.1 Å². The Morgan fingerprint density at radius 3 is 1.40 bits per heavy atom. The average Bonchev–Trinajstić information content (AvgIpc) is 2.22. The van der Waals surface area contributed by atoms with E-state index in [9.17, 15) is 0 Å². The van der Waals surface area contributed by atoms with Crippen LogP contribution >= 0.6 is 0 Å². The number of ether oxygens (including phenoxy) is 2. The Hall–Kier alpha value is 0.0569. The van der Waals surface area contributed by atoms with E-state index in [-0.39, 0.29) is 12.6 Å². The molecule has 0 saturated carbocycles. The summed E-state index contributed by atoms with van der Waals surface area (Å²) in [6, 6.07) is 0. The Morgan fingerprint density at radius 1 is 0.867 bits per heavy atom. The lowest BCUT2D eigenvalue weighted by molar-refractivity contribution is -0.115. The van der Waals surface area contributed by atoms with Crippen molar-refractivity contribution in [3.8, 4) is 0 Å². The molecule has 5 heteroatoms. The summed E-state index contributed by atoms with van der Waals surface area (Å²) in [5.41, 5.74) is 0. The van der Waals surface area contributed by atoms with Gasteiger partial charge in [0.1, 0.15) is 12.6 Å². The molecule has 0 amide bonds. The summed E-state index contributed by atoms with van der Waals surface area (Å²) in [5.74, 6) is 0. The second kappa shape index (κ2) is 7.35. The van der Waals surface area contributed by atoms with Crippen molar-refractivity contribution in [1.29, 1.82) is 0 Å². The van der Waals surface area contributed by atoms with Crippen LogP contribution in [0.4, 0.5) is 0 Å². The van der Waals surface area contributed by atoms with Gasteiger partial charge in [0.25, 0.3) is 0 Å². The van der Waals surface area contributed by atoms with Crippen molar-refractivity contribution in [3.63, 3.8) is 0 Å². The predicted molar refractivity (Wildman–Crippen MR) is 61.8 cm³/mol. The van der Waals surface area contributed by atoms with Crippen LogP contribution in [0.2, 0.25) is 13.1 Å². The predicted octanol–water partition coefficient (Wildman–Crippen LogP) is 2.49. The molecule has 4 nitrogen and oxygen atoms in total. The van der Waals surface area contributed by atoms with Gasteiger partial charge in [-0.2, -0.15) is 0 Å². The summed E-state index contributed by atoms with van der Waals surface area (Å²) in [5, 5.41) is 0. The summed E-state index contributed by atoms with van der Waals surface area (Å²) in [7, 11) is 1.13.